The summed E-state index contributed by atoms with van der Waals surface area (Å²) in [6.07, 6.45) is 0.622. The summed E-state index contributed by atoms with van der Waals surface area (Å²) in [5.74, 6) is 0. The maximum absolute atomic E-state index is 12.3. The smallest absolute Gasteiger partial charge is 0.410 e. The standard InChI is InChI=1S/C18H18BrNO2/c1-13-7-8-15-9-10-20(11-16(15)17(13)19)18(21)22-12-14-5-3-2-4-6-14/h2-8H,9-12H2,1H3. The molecule has 0 N–H and O–H groups in total. The summed E-state index contributed by atoms with van der Waals surface area (Å²) in [5, 5.41) is 0. The van der Waals surface area contributed by atoms with Gasteiger partial charge in [-0.25, -0.2) is 4.79 Å². The molecule has 1 amide bonds. The van der Waals surface area contributed by atoms with Gasteiger partial charge in [0.05, 0.1) is 6.54 Å². The molecule has 0 aromatic heterocycles. The van der Waals surface area contributed by atoms with Crippen LogP contribution < -0.4 is 0 Å². The number of benzene rings is 2. The van der Waals surface area contributed by atoms with Crippen LogP contribution in [-0.4, -0.2) is 17.5 Å². The van der Waals surface area contributed by atoms with Crippen molar-refractivity contribution in [3.8, 4) is 0 Å². The Morgan fingerprint density at radius 2 is 2.00 bits per heavy atom. The highest BCUT2D eigenvalue weighted by Gasteiger charge is 2.23. The van der Waals surface area contributed by atoms with Crippen LogP contribution in [0.3, 0.4) is 0 Å². The Hall–Kier alpha value is -1.81. The van der Waals surface area contributed by atoms with E-state index in [1.54, 1.807) is 4.90 Å². The van der Waals surface area contributed by atoms with E-state index >= 15 is 0 Å². The molecule has 1 heterocycles. The zero-order valence-electron chi connectivity index (χ0n) is 12.5. The monoisotopic (exact) mass is 359 g/mol. The van der Waals surface area contributed by atoms with E-state index in [2.05, 4.69) is 35.0 Å². The van der Waals surface area contributed by atoms with Crippen molar-refractivity contribution in [3.63, 3.8) is 0 Å². The van der Waals surface area contributed by atoms with Crippen molar-refractivity contribution in [2.45, 2.75) is 26.5 Å². The number of fused-ring (bicyclic) bond motifs is 1. The minimum Gasteiger partial charge on any atom is -0.445 e. The first-order chi connectivity index (χ1) is 10.6. The fourth-order valence-electron chi connectivity index (χ4n) is 2.68. The molecular weight excluding hydrogens is 342 g/mol. The molecule has 0 unspecified atom stereocenters. The second kappa shape index (κ2) is 6.53. The third kappa shape index (κ3) is 3.17. The first kappa shape index (κ1) is 15.1. The molecule has 2 aromatic rings. The molecule has 0 bridgehead atoms. The van der Waals surface area contributed by atoms with Gasteiger partial charge < -0.3 is 9.64 Å². The summed E-state index contributed by atoms with van der Waals surface area (Å²) >= 11 is 3.64. The summed E-state index contributed by atoms with van der Waals surface area (Å²) in [6, 6.07) is 14.0. The molecule has 0 fully saturated rings. The Bertz CT molecular complexity index is 685. The number of hydrogen-bond acceptors (Lipinski definition) is 2. The average molecular weight is 360 g/mol. The van der Waals surface area contributed by atoms with Gasteiger partial charge in [0, 0.05) is 11.0 Å². The second-order valence-corrected chi connectivity index (χ2v) is 6.34. The van der Waals surface area contributed by atoms with E-state index in [0.717, 1.165) is 16.5 Å². The van der Waals surface area contributed by atoms with Crippen LogP contribution in [0, 0.1) is 6.92 Å². The molecule has 0 radical (unpaired) electrons. The Labute approximate surface area is 139 Å². The number of rotatable bonds is 2. The topological polar surface area (TPSA) is 29.5 Å². The fourth-order valence-corrected chi connectivity index (χ4v) is 3.19. The SMILES string of the molecule is Cc1ccc2c(c1Br)CN(C(=O)OCc1ccccc1)CC2. The molecule has 3 nitrogen and oxygen atoms in total. The Kier molecular flexibility index (Phi) is 4.48. The van der Waals surface area contributed by atoms with Crippen LogP contribution >= 0.6 is 15.9 Å². The lowest BCUT2D eigenvalue weighted by Gasteiger charge is -2.29. The van der Waals surface area contributed by atoms with Gasteiger partial charge in [0.15, 0.2) is 0 Å². The molecular formula is C18H18BrNO2. The van der Waals surface area contributed by atoms with Crippen molar-refractivity contribution in [2.75, 3.05) is 6.54 Å². The number of amides is 1. The normalized spacial score (nSPS) is 13.6. The van der Waals surface area contributed by atoms with Crippen LogP contribution in [0.25, 0.3) is 0 Å². The van der Waals surface area contributed by atoms with Gasteiger partial charge in [0.1, 0.15) is 6.61 Å². The number of ether oxygens (including phenoxy) is 1. The lowest BCUT2D eigenvalue weighted by molar-refractivity contribution is 0.0917. The quantitative estimate of drug-likeness (QED) is 0.792. The largest absolute Gasteiger partial charge is 0.445 e. The number of nitrogens with zero attached hydrogens (tertiary/aromatic N) is 1. The predicted octanol–water partition coefficient (Wildman–Crippen LogP) is 4.45. The Morgan fingerprint density at radius 1 is 1.23 bits per heavy atom. The lowest BCUT2D eigenvalue weighted by Crippen LogP contribution is -2.36. The first-order valence-corrected chi connectivity index (χ1v) is 8.17. The van der Waals surface area contributed by atoms with Crippen molar-refractivity contribution in [2.24, 2.45) is 0 Å². The van der Waals surface area contributed by atoms with Gasteiger partial charge in [0.2, 0.25) is 0 Å². The zero-order chi connectivity index (χ0) is 15.5. The van der Waals surface area contributed by atoms with Crippen LogP contribution in [0.2, 0.25) is 0 Å². The van der Waals surface area contributed by atoms with E-state index in [0.29, 0.717) is 19.7 Å². The van der Waals surface area contributed by atoms with E-state index in [1.807, 2.05) is 30.3 Å². The summed E-state index contributed by atoms with van der Waals surface area (Å²) in [4.78, 5) is 14.0. The number of hydrogen-bond donors (Lipinski definition) is 0. The van der Waals surface area contributed by atoms with Gasteiger partial charge in [-0.15, -0.1) is 0 Å². The molecule has 1 aliphatic heterocycles. The first-order valence-electron chi connectivity index (χ1n) is 7.37. The minimum absolute atomic E-state index is 0.247. The van der Waals surface area contributed by atoms with Crippen molar-refractivity contribution in [3.05, 3.63) is 69.2 Å². The summed E-state index contributed by atoms with van der Waals surface area (Å²) in [5.41, 5.74) is 4.70. The van der Waals surface area contributed by atoms with Crippen LogP contribution in [0.1, 0.15) is 22.3 Å². The highest BCUT2D eigenvalue weighted by atomic mass is 79.9. The molecule has 3 rings (SSSR count). The lowest BCUT2D eigenvalue weighted by atomic mass is 9.98. The van der Waals surface area contributed by atoms with Crippen molar-refractivity contribution in [1.29, 1.82) is 0 Å². The van der Waals surface area contributed by atoms with E-state index in [4.69, 9.17) is 4.74 Å². The number of halogens is 1. The van der Waals surface area contributed by atoms with Crippen LogP contribution in [-0.2, 0) is 24.3 Å². The minimum atomic E-state index is -0.247. The zero-order valence-corrected chi connectivity index (χ0v) is 14.1. The average Bonchev–Trinajstić information content (AvgIpc) is 2.57. The molecule has 2 aromatic carbocycles. The molecule has 0 spiro atoms. The molecule has 0 atom stereocenters. The van der Waals surface area contributed by atoms with Crippen LogP contribution in [0.4, 0.5) is 4.79 Å². The van der Waals surface area contributed by atoms with Gasteiger partial charge in [-0.3, -0.25) is 0 Å². The molecule has 22 heavy (non-hydrogen) atoms. The van der Waals surface area contributed by atoms with Crippen molar-refractivity contribution >= 4 is 22.0 Å². The predicted molar refractivity (Wildman–Crippen MR) is 89.6 cm³/mol. The summed E-state index contributed by atoms with van der Waals surface area (Å²) in [6.45, 7) is 3.69. The maximum atomic E-state index is 12.3. The Balaban J connectivity index is 1.66. The van der Waals surface area contributed by atoms with Crippen molar-refractivity contribution < 1.29 is 9.53 Å². The van der Waals surface area contributed by atoms with Crippen LogP contribution in [0.5, 0.6) is 0 Å². The van der Waals surface area contributed by atoms with Gasteiger partial charge in [-0.1, -0.05) is 58.4 Å². The highest BCUT2D eigenvalue weighted by molar-refractivity contribution is 9.10. The van der Waals surface area contributed by atoms with Gasteiger partial charge in [-0.05, 0) is 35.6 Å². The van der Waals surface area contributed by atoms with E-state index in [1.165, 1.54) is 16.7 Å². The third-order valence-corrected chi connectivity index (χ3v) is 5.10. The fraction of sp³-hybridized carbons (Fsp3) is 0.278. The number of carbonyl (C=O) groups is 1. The van der Waals surface area contributed by atoms with Crippen LogP contribution in [0.15, 0.2) is 46.9 Å². The molecule has 0 saturated carbocycles. The van der Waals surface area contributed by atoms with Gasteiger partial charge >= 0.3 is 6.09 Å². The highest BCUT2D eigenvalue weighted by Crippen LogP contribution is 2.29. The van der Waals surface area contributed by atoms with Gasteiger partial charge in [-0.2, -0.15) is 0 Å². The molecule has 0 saturated heterocycles. The second-order valence-electron chi connectivity index (χ2n) is 5.55. The van der Waals surface area contributed by atoms with E-state index in [-0.39, 0.29) is 6.09 Å². The third-order valence-electron chi connectivity index (χ3n) is 4.00. The summed E-state index contributed by atoms with van der Waals surface area (Å²) in [7, 11) is 0. The number of aryl methyl sites for hydroxylation is 1. The molecule has 0 aliphatic carbocycles. The van der Waals surface area contributed by atoms with E-state index in [9.17, 15) is 4.79 Å². The maximum Gasteiger partial charge on any atom is 0.410 e. The molecule has 114 valence electrons. The Morgan fingerprint density at radius 3 is 2.77 bits per heavy atom. The molecule has 4 heteroatoms. The van der Waals surface area contributed by atoms with E-state index < -0.39 is 0 Å². The molecule has 1 aliphatic rings. The van der Waals surface area contributed by atoms with Gasteiger partial charge in [0.25, 0.3) is 0 Å². The number of carbonyl (C=O) groups excluding carboxylic acids is 1. The summed E-state index contributed by atoms with van der Waals surface area (Å²) < 4.78 is 6.53. The van der Waals surface area contributed by atoms with Crippen molar-refractivity contribution in [1.82, 2.24) is 4.90 Å².